The Bertz CT molecular complexity index is 706. The van der Waals surface area contributed by atoms with Crippen molar-refractivity contribution < 1.29 is 17.9 Å². The van der Waals surface area contributed by atoms with Crippen LogP contribution in [-0.4, -0.2) is 44.1 Å². The standard InChI is InChI=1S/C15H20N2O4S/c1-11-3-4-12(2)13(9-11)22(19,20)17-7-5-15(6-8-17)10-16-14(18)21-15/h3-4,9H,5-8,10H2,1-2H3,(H,16,18). The summed E-state index contributed by atoms with van der Waals surface area (Å²) >= 11 is 0. The number of ether oxygens (including phenoxy) is 1. The van der Waals surface area contributed by atoms with Crippen LogP contribution in [0, 0.1) is 13.8 Å². The molecule has 1 aromatic rings. The average molecular weight is 324 g/mol. The first-order chi connectivity index (χ1) is 10.3. The van der Waals surface area contributed by atoms with E-state index >= 15 is 0 Å². The topological polar surface area (TPSA) is 75.7 Å². The van der Waals surface area contributed by atoms with Crippen LogP contribution in [0.1, 0.15) is 24.0 Å². The Morgan fingerprint density at radius 2 is 1.91 bits per heavy atom. The lowest BCUT2D eigenvalue weighted by Crippen LogP contribution is -2.48. The van der Waals surface area contributed by atoms with Crippen molar-refractivity contribution in [2.24, 2.45) is 0 Å². The molecule has 7 heteroatoms. The van der Waals surface area contributed by atoms with E-state index < -0.39 is 21.7 Å². The lowest BCUT2D eigenvalue weighted by Gasteiger charge is -2.36. The summed E-state index contributed by atoms with van der Waals surface area (Å²) in [6.45, 7) is 4.88. The van der Waals surface area contributed by atoms with E-state index in [1.165, 1.54) is 4.31 Å². The van der Waals surface area contributed by atoms with Gasteiger partial charge in [-0.25, -0.2) is 13.2 Å². The van der Waals surface area contributed by atoms with E-state index in [9.17, 15) is 13.2 Å². The SMILES string of the molecule is Cc1ccc(C)c(S(=O)(=O)N2CCC3(CC2)CNC(=O)O3)c1. The largest absolute Gasteiger partial charge is 0.441 e. The molecule has 1 aromatic carbocycles. The molecule has 2 aliphatic heterocycles. The van der Waals surface area contributed by atoms with Gasteiger partial charge in [0.1, 0.15) is 5.60 Å². The van der Waals surface area contributed by atoms with Crippen LogP contribution in [0.25, 0.3) is 0 Å². The lowest BCUT2D eigenvalue weighted by molar-refractivity contribution is 0.0173. The summed E-state index contributed by atoms with van der Waals surface area (Å²) in [5, 5.41) is 2.65. The Kier molecular flexibility index (Phi) is 3.65. The Morgan fingerprint density at radius 1 is 1.23 bits per heavy atom. The molecule has 0 aromatic heterocycles. The van der Waals surface area contributed by atoms with E-state index in [0.717, 1.165) is 11.1 Å². The van der Waals surface area contributed by atoms with E-state index in [4.69, 9.17) is 4.74 Å². The second kappa shape index (κ2) is 5.24. The normalized spacial score (nSPS) is 21.6. The van der Waals surface area contributed by atoms with Gasteiger partial charge in [-0.1, -0.05) is 12.1 Å². The van der Waals surface area contributed by atoms with E-state index in [0.29, 0.717) is 37.4 Å². The molecule has 3 rings (SSSR count). The summed E-state index contributed by atoms with van der Waals surface area (Å²) in [7, 11) is -3.50. The van der Waals surface area contributed by atoms with E-state index in [2.05, 4.69) is 5.32 Å². The number of nitrogens with one attached hydrogen (secondary N) is 1. The number of hydrogen-bond acceptors (Lipinski definition) is 4. The third-order valence-corrected chi connectivity index (χ3v) is 6.50. The molecule has 22 heavy (non-hydrogen) atoms. The van der Waals surface area contributed by atoms with Crippen LogP contribution in [0.2, 0.25) is 0 Å². The van der Waals surface area contributed by atoms with E-state index in [1.54, 1.807) is 13.0 Å². The summed E-state index contributed by atoms with van der Waals surface area (Å²) in [6.07, 6.45) is 0.636. The molecule has 0 atom stereocenters. The molecule has 1 N–H and O–H groups in total. The molecule has 2 heterocycles. The smallest absolute Gasteiger partial charge is 0.407 e. The zero-order valence-corrected chi connectivity index (χ0v) is 13.6. The van der Waals surface area contributed by atoms with Crippen LogP contribution in [0.3, 0.4) is 0 Å². The minimum atomic E-state index is -3.50. The lowest BCUT2D eigenvalue weighted by atomic mass is 9.93. The van der Waals surface area contributed by atoms with Gasteiger partial charge in [-0.15, -0.1) is 0 Å². The maximum Gasteiger partial charge on any atom is 0.407 e. The van der Waals surface area contributed by atoms with Gasteiger partial charge in [0, 0.05) is 25.9 Å². The molecule has 1 spiro atoms. The molecular formula is C15H20N2O4S. The predicted molar refractivity (Wildman–Crippen MR) is 81.1 cm³/mol. The van der Waals surface area contributed by atoms with Gasteiger partial charge >= 0.3 is 6.09 Å². The maximum absolute atomic E-state index is 12.8. The molecule has 120 valence electrons. The highest BCUT2D eigenvalue weighted by Gasteiger charge is 2.45. The molecule has 0 radical (unpaired) electrons. The van der Waals surface area contributed by atoms with Crippen molar-refractivity contribution in [1.82, 2.24) is 9.62 Å². The van der Waals surface area contributed by atoms with Crippen molar-refractivity contribution in [2.75, 3.05) is 19.6 Å². The van der Waals surface area contributed by atoms with Crippen molar-refractivity contribution in [2.45, 2.75) is 37.2 Å². The van der Waals surface area contributed by atoms with Crippen molar-refractivity contribution in [3.8, 4) is 0 Å². The monoisotopic (exact) mass is 324 g/mol. The van der Waals surface area contributed by atoms with Gasteiger partial charge in [0.05, 0.1) is 11.4 Å². The van der Waals surface area contributed by atoms with Crippen LogP contribution in [-0.2, 0) is 14.8 Å². The Balaban J connectivity index is 1.80. The van der Waals surface area contributed by atoms with Crippen LogP contribution < -0.4 is 5.32 Å². The number of nitrogens with zero attached hydrogens (tertiary/aromatic N) is 1. The number of amides is 1. The summed E-state index contributed by atoms with van der Waals surface area (Å²) < 4.78 is 32.5. The molecular weight excluding hydrogens is 304 g/mol. The molecule has 0 aliphatic carbocycles. The highest BCUT2D eigenvalue weighted by Crippen LogP contribution is 2.32. The van der Waals surface area contributed by atoms with Crippen molar-refractivity contribution in [3.63, 3.8) is 0 Å². The molecule has 0 unspecified atom stereocenters. The van der Waals surface area contributed by atoms with E-state index in [-0.39, 0.29) is 0 Å². The first kappa shape index (κ1) is 15.3. The fourth-order valence-corrected chi connectivity index (χ4v) is 4.79. The third-order valence-electron chi connectivity index (χ3n) is 4.46. The third kappa shape index (κ3) is 2.59. The number of benzene rings is 1. The average Bonchev–Trinajstić information content (AvgIpc) is 2.83. The summed E-state index contributed by atoms with van der Waals surface area (Å²) in [5.74, 6) is 0. The first-order valence-electron chi connectivity index (χ1n) is 7.37. The van der Waals surface area contributed by atoms with Gasteiger partial charge in [0.25, 0.3) is 0 Å². The van der Waals surface area contributed by atoms with Gasteiger partial charge < -0.3 is 10.1 Å². The first-order valence-corrected chi connectivity index (χ1v) is 8.81. The fraction of sp³-hybridized carbons (Fsp3) is 0.533. The molecule has 2 fully saturated rings. The van der Waals surface area contributed by atoms with Crippen LogP contribution >= 0.6 is 0 Å². The summed E-state index contributed by atoms with van der Waals surface area (Å²) in [4.78, 5) is 11.6. The zero-order valence-electron chi connectivity index (χ0n) is 12.8. The summed E-state index contributed by atoms with van der Waals surface area (Å²) in [5.41, 5.74) is 1.14. The predicted octanol–water partition coefficient (Wildman–Crippen LogP) is 1.57. The van der Waals surface area contributed by atoms with Crippen molar-refractivity contribution >= 4 is 16.1 Å². The van der Waals surface area contributed by atoms with Gasteiger partial charge in [-0.3, -0.25) is 0 Å². The molecule has 2 aliphatic rings. The Labute approximate surface area is 130 Å². The van der Waals surface area contributed by atoms with Gasteiger partial charge in [-0.05, 0) is 31.0 Å². The number of piperidine rings is 1. The van der Waals surface area contributed by atoms with Gasteiger partial charge in [0.15, 0.2) is 0 Å². The van der Waals surface area contributed by atoms with Crippen molar-refractivity contribution in [1.29, 1.82) is 0 Å². The minimum Gasteiger partial charge on any atom is -0.441 e. The van der Waals surface area contributed by atoms with Gasteiger partial charge in [-0.2, -0.15) is 4.31 Å². The van der Waals surface area contributed by atoms with Crippen molar-refractivity contribution in [3.05, 3.63) is 29.3 Å². The summed E-state index contributed by atoms with van der Waals surface area (Å²) in [6, 6.07) is 5.45. The molecule has 6 nitrogen and oxygen atoms in total. The Morgan fingerprint density at radius 3 is 2.50 bits per heavy atom. The second-order valence-corrected chi connectivity index (χ2v) is 8.01. The highest BCUT2D eigenvalue weighted by atomic mass is 32.2. The quantitative estimate of drug-likeness (QED) is 0.896. The minimum absolute atomic E-state index is 0.366. The zero-order chi connectivity index (χ0) is 16.0. The van der Waals surface area contributed by atoms with Crippen LogP contribution in [0.5, 0.6) is 0 Å². The molecule has 1 amide bonds. The number of hydrogen-bond donors (Lipinski definition) is 1. The highest BCUT2D eigenvalue weighted by molar-refractivity contribution is 7.89. The van der Waals surface area contributed by atoms with Crippen LogP contribution in [0.4, 0.5) is 4.79 Å². The molecule has 2 saturated heterocycles. The number of carbonyl (C=O) groups is 1. The fourth-order valence-electron chi connectivity index (χ4n) is 3.04. The number of rotatable bonds is 2. The number of aryl methyl sites for hydroxylation is 2. The molecule has 0 bridgehead atoms. The van der Waals surface area contributed by atoms with Gasteiger partial charge in [0.2, 0.25) is 10.0 Å². The van der Waals surface area contributed by atoms with Crippen LogP contribution in [0.15, 0.2) is 23.1 Å². The van der Waals surface area contributed by atoms with E-state index in [1.807, 2.05) is 19.1 Å². The number of alkyl carbamates (subject to hydrolysis) is 1. The Hall–Kier alpha value is -1.60. The number of carbonyl (C=O) groups excluding carboxylic acids is 1. The second-order valence-electron chi connectivity index (χ2n) is 6.10. The molecule has 0 saturated carbocycles. The number of sulfonamides is 1. The maximum atomic E-state index is 12.8.